The summed E-state index contributed by atoms with van der Waals surface area (Å²) < 4.78 is 13.2. The largest absolute Gasteiger partial charge is 0.324 e. The summed E-state index contributed by atoms with van der Waals surface area (Å²) in [4.78, 5) is 11.2. The van der Waals surface area contributed by atoms with Crippen molar-refractivity contribution in [2.45, 2.75) is 0 Å². The number of carbonyl (C=O) groups excluding carboxylic acids is 1. The number of amides is 1. The van der Waals surface area contributed by atoms with E-state index < -0.39 is 0 Å². The summed E-state index contributed by atoms with van der Waals surface area (Å²) in [5, 5.41) is 2.67. The fourth-order valence-corrected chi connectivity index (χ4v) is 1.69. The first kappa shape index (κ1) is 11.5. The molecule has 0 saturated heterocycles. The van der Waals surface area contributed by atoms with Crippen LogP contribution in [0.5, 0.6) is 0 Å². The summed E-state index contributed by atoms with van der Waals surface area (Å²) in [6, 6.07) is 4.14. The highest BCUT2D eigenvalue weighted by Gasteiger charge is 2.05. The van der Waals surface area contributed by atoms with Gasteiger partial charge in [-0.1, -0.05) is 0 Å². The van der Waals surface area contributed by atoms with E-state index in [9.17, 15) is 9.18 Å². The summed E-state index contributed by atoms with van der Waals surface area (Å²) in [6.07, 6.45) is 1.85. The molecule has 0 saturated carbocycles. The topological polar surface area (TPSA) is 29.1 Å². The molecule has 1 aromatic rings. The lowest BCUT2D eigenvalue weighted by Gasteiger charge is -2.06. The Morgan fingerprint density at radius 3 is 2.93 bits per heavy atom. The number of rotatable bonds is 3. The molecule has 0 atom stereocenters. The van der Waals surface area contributed by atoms with Crippen LogP contribution in [0, 0.1) is 5.82 Å². The van der Waals surface area contributed by atoms with Crippen molar-refractivity contribution in [1.82, 2.24) is 0 Å². The van der Waals surface area contributed by atoms with Gasteiger partial charge in [-0.25, -0.2) is 4.39 Å². The molecule has 2 nitrogen and oxygen atoms in total. The average molecular weight is 278 g/mol. The Balaban J connectivity index is 2.72. The minimum absolute atomic E-state index is 0.0928. The van der Waals surface area contributed by atoms with Crippen LogP contribution in [-0.2, 0) is 4.79 Å². The predicted octanol–water partition coefficient (Wildman–Crippen LogP) is 2.89. The summed E-state index contributed by atoms with van der Waals surface area (Å²) in [5.41, 5.74) is 0.588. The van der Waals surface area contributed by atoms with Gasteiger partial charge in [-0.15, -0.1) is 0 Å². The lowest BCUT2D eigenvalue weighted by molar-refractivity contribution is -0.113. The van der Waals surface area contributed by atoms with Crippen molar-refractivity contribution in [1.29, 1.82) is 0 Å². The average Bonchev–Trinajstić information content (AvgIpc) is 2.10. The van der Waals surface area contributed by atoms with Gasteiger partial charge in [0.1, 0.15) is 5.82 Å². The fraction of sp³-hybridized carbons (Fsp3) is 0.222. The van der Waals surface area contributed by atoms with Gasteiger partial charge in [-0.05, 0) is 40.4 Å². The van der Waals surface area contributed by atoms with Crippen LogP contribution >= 0.6 is 27.7 Å². The van der Waals surface area contributed by atoms with Gasteiger partial charge in [-0.3, -0.25) is 4.79 Å². The fourth-order valence-electron chi connectivity index (χ4n) is 0.908. The first-order valence-corrected chi connectivity index (χ1v) is 6.06. The molecule has 5 heteroatoms. The van der Waals surface area contributed by atoms with Gasteiger partial charge >= 0.3 is 0 Å². The van der Waals surface area contributed by atoms with Crippen molar-refractivity contribution in [2.75, 3.05) is 17.3 Å². The van der Waals surface area contributed by atoms with Crippen LogP contribution in [0.15, 0.2) is 22.7 Å². The lowest BCUT2D eigenvalue weighted by Crippen LogP contribution is -2.14. The number of nitrogens with one attached hydrogen (secondary N) is 1. The van der Waals surface area contributed by atoms with Crippen molar-refractivity contribution in [3.8, 4) is 0 Å². The Kier molecular flexibility index (Phi) is 4.41. The van der Waals surface area contributed by atoms with E-state index in [4.69, 9.17) is 0 Å². The van der Waals surface area contributed by atoms with Gasteiger partial charge in [0, 0.05) is 4.47 Å². The van der Waals surface area contributed by atoms with Crippen molar-refractivity contribution >= 4 is 39.3 Å². The predicted molar refractivity (Wildman–Crippen MR) is 61.1 cm³/mol. The van der Waals surface area contributed by atoms with E-state index in [1.165, 1.54) is 30.0 Å². The standard InChI is InChI=1S/C9H9BrFNOS/c1-14-5-9(13)12-8-3-2-6(11)4-7(8)10/h2-4H,5H2,1H3,(H,12,13). The van der Waals surface area contributed by atoms with E-state index >= 15 is 0 Å². The third-order valence-electron chi connectivity index (χ3n) is 1.48. The normalized spacial score (nSPS) is 9.93. The van der Waals surface area contributed by atoms with Crippen LogP contribution in [0.2, 0.25) is 0 Å². The molecule has 0 aromatic heterocycles. The molecule has 14 heavy (non-hydrogen) atoms. The molecule has 0 fully saturated rings. The molecular formula is C9H9BrFNOS. The van der Waals surface area contributed by atoms with Crippen molar-refractivity contribution in [3.05, 3.63) is 28.5 Å². The highest BCUT2D eigenvalue weighted by Crippen LogP contribution is 2.22. The van der Waals surface area contributed by atoms with Gasteiger partial charge in [0.25, 0.3) is 0 Å². The molecule has 1 N–H and O–H groups in total. The second kappa shape index (κ2) is 5.36. The van der Waals surface area contributed by atoms with Gasteiger partial charge < -0.3 is 5.32 Å². The van der Waals surface area contributed by atoms with E-state index in [1.54, 1.807) is 0 Å². The Morgan fingerprint density at radius 2 is 2.36 bits per heavy atom. The number of carbonyl (C=O) groups is 1. The van der Waals surface area contributed by atoms with Crippen LogP contribution < -0.4 is 5.32 Å². The quantitative estimate of drug-likeness (QED) is 0.921. The van der Waals surface area contributed by atoms with Gasteiger partial charge in [0.05, 0.1) is 11.4 Å². The van der Waals surface area contributed by atoms with Gasteiger partial charge in [0.2, 0.25) is 5.91 Å². The molecule has 76 valence electrons. The molecule has 0 heterocycles. The maximum Gasteiger partial charge on any atom is 0.234 e. The molecule has 0 bridgehead atoms. The highest BCUT2D eigenvalue weighted by molar-refractivity contribution is 9.10. The van der Waals surface area contributed by atoms with Crippen LogP contribution in [0.4, 0.5) is 10.1 Å². The Bertz CT molecular complexity index is 346. The first-order valence-electron chi connectivity index (χ1n) is 3.87. The summed E-state index contributed by atoms with van der Waals surface area (Å²) >= 11 is 4.60. The molecule has 0 aliphatic carbocycles. The third-order valence-corrected chi connectivity index (χ3v) is 2.69. The van der Waals surface area contributed by atoms with Crippen LogP contribution in [0.1, 0.15) is 0 Å². The van der Waals surface area contributed by atoms with Crippen molar-refractivity contribution in [3.63, 3.8) is 0 Å². The monoisotopic (exact) mass is 277 g/mol. The number of hydrogen-bond donors (Lipinski definition) is 1. The Hall–Kier alpha value is -0.550. The van der Waals surface area contributed by atoms with Crippen molar-refractivity contribution in [2.24, 2.45) is 0 Å². The SMILES string of the molecule is CSCC(=O)Nc1ccc(F)cc1Br. The van der Waals surface area contributed by atoms with E-state index in [0.29, 0.717) is 15.9 Å². The number of halogens is 2. The summed E-state index contributed by atoms with van der Waals surface area (Å²) in [5.74, 6) is -0.0337. The van der Waals surface area contributed by atoms with Gasteiger partial charge in [0.15, 0.2) is 0 Å². The highest BCUT2D eigenvalue weighted by atomic mass is 79.9. The molecule has 1 amide bonds. The third kappa shape index (κ3) is 3.31. The first-order chi connectivity index (χ1) is 6.63. The molecule has 0 aliphatic heterocycles. The van der Waals surface area contributed by atoms with E-state index in [-0.39, 0.29) is 11.7 Å². The minimum atomic E-state index is -0.334. The molecule has 1 aromatic carbocycles. The minimum Gasteiger partial charge on any atom is -0.324 e. The van der Waals surface area contributed by atoms with Crippen LogP contribution in [0.3, 0.4) is 0 Å². The van der Waals surface area contributed by atoms with E-state index in [2.05, 4.69) is 21.2 Å². The maximum atomic E-state index is 12.7. The van der Waals surface area contributed by atoms with Crippen LogP contribution in [-0.4, -0.2) is 17.9 Å². The zero-order valence-electron chi connectivity index (χ0n) is 7.51. The van der Waals surface area contributed by atoms with Crippen molar-refractivity contribution < 1.29 is 9.18 Å². The molecule has 0 unspecified atom stereocenters. The smallest absolute Gasteiger partial charge is 0.234 e. The Labute approximate surface area is 94.4 Å². The zero-order chi connectivity index (χ0) is 10.6. The molecular weight excluding hydrogens is 269 g/mol. The number of thioether (sulfide) groups is 1. The van der Waals surface area contributed by atoms with Gasteiger partial charge in [-0.2, -0.15) is 11.8 Å². The van der Waals surface area contributed by atoms with Crippen LogP contribution in [0.25, 0.3) is 0 Å². The molecule has 1 rings (SSSR count). The zero-order valence-corrected chi connectivity index (χ0v) is 9.91. The lowest BCUT2D eigenvalue weighted by atomic mass is 10.3. The second-order valence-corrected chi connectivity index (χ2v) is 4.33. The van der Waals surface area contributed by atoms with E-state index in [1.807, 2.05) is 6.26 Å². The molecule has 0 spiro atoms. The van der Waals surface area contributed by atoms with E-state index in [0.717, 1.165) is 0 Å². The summed E-state index contributed by atoms with van der Waals surface area (Å²) in [6.45, 7) is 0. The summed E-state index contributed by atoms with van der Waals surface area (Å²) in [7, 11) is 0. The second-order valence-electron chi connectivity index (χ2n) is 2.61. The number of benzene rings is 1. The molecule has 0 radical (unpaired) electrons. The molecule has 0 aliphatic rings. The Morgan fingerprint density at radius 1 is 1.64 bits per heavy atom. The number of anilines is 1. The number of hydrogen-bond acceptors (Lipinski definition) is 2. The maximum absolute atomic E-state index is 12.7.